The molecule has 0 amide bonds. The number of benzene rings is 1. The minimum atomic E-state index is -0.468. The zero-order valence-corrected chi connectivity index (χ0v) is 11.5. The van der Waals surface area contributed by atoms with E-state index in [1.807, 2.05) is 28.7 Å². The molecule has 1 nitrogen and oxygen atoms in total. The maximum absolute atomic E-state index is 13.0. The number of hydrogen-bond acceptors (Lipinski definition) is 1. The van der Waals surface area contributed by atoms with E-state index in [1.165, 1.54) is 6.20 Å². The smallest absolute Gasteiger partial charge is 0.226 e. The van der Waals surface area contributed by atoms with Crippen molar-refractivity contribution in [3.63, 3.8) is 0 Å². The lowest BCUT2D eigenvalue weighted by molar-refractivity contribution is 0.576. The standard InChI is InChI=1S/C11H5Cl2FIN/c12-8-2-1-6(3-9(8)13)7-4-10(15)11(14)16-5-7/h1-5H. The minimum absolute atomic E-state index is 0.468. The second-order valence-electron chi connectivity index (χ2n) is 3.13. The summed E-state index contributed by atoms with van der Waals surface area (Å²) in [4.78, 5) is 3.66. The van der Waals surface area contributed by atoms with Crippen molar-refractivity contribution in [1.29, 1.82) is 0 Å². The monoisotopic (exact) mass is 367 g/mol. The van der Waals surface area contributed by atoms with Crippen LogP contribution in [0.2, 0.25) is 10.0 Å². The van der Waals surface area contributed by atoms with Gasteiger partial charge in [0.2, 0.25) is 5.95 Å². The third-order valence-electron chi connectivity index (χ3n) is 2.05. The molecule has 0 aliphatic rings. The Balaban J connectivity index is 2.50. The maximum Gasteiger partial charge on any atom is 0.226 e. The molecule has 0 saturated carbocycles. The van der Waals surface area contributed by atoms with E-state index in [0.29, 0.717) is 13.6 Å². The third-order valence-corrected chi connectivity index (χ3v) is 3.54. The highest BCUT2D eigenvalue weighted by Crippen LogP contribution is 2.29. The van der Waals surface area contributed by atoms with E-state index < -0.39 is 5.95 Å². The molecule has 16 heavy (non-hydrogen) atoms. The molecule has 1 aromatic heterocycles. The van der Waals surface area contributed by atoms with Crippen molar-refractivity contribution in [1.82, 2.24) is 4.98 Å². The van der Waals surface area contributed by atoms with Crippen LogP contribution >= 0.6 is 45.8 Å². The Bertz CT molecular complexity index is 496. The van der Waals surface area contributed by atoms with Crippen molar-refractivity contribution >= 4 is 45.8 Å². The van der Waals surface area contributed by atoms with Gasteiger partial charge in [-0.2, -0.15) is 4.39 Å². The van der Waals surface area contributed by atoms with Crippen molar-refractivity contribution in [2.75, 3.05) is 0 Å². The SMILES string of the molecule is Fc1ncc(-c2ccc(Cl)c(Cl)c2)cc1I. The Labute approximate surface area is 116 Å². The number of rotatable bonds is 1. The fourth-order valence-corrected chi connectivity index (χ4v) is 2.03. The molecule has 0 atom stereocenters. The highest BCUT2D eigenvalue weighted by molar-refractivity contribution is 14.1. The number of hydrogen-bond donors (Lipinski definition) is 0. The van der Waals surface area contributed by atoms with Crippen LogP contribution in [-0.4, -0.2) is 4.98 Å². The van der Waals surface area contributed by atoms with Gasteiger partial charge in [0.25, 0.3) is 0 Å². The zero-order valence-electron chi connectivity index (χ0n) is 7.85. The summed E-state index contributed by atoms with van der Waals surface area (Å²) in [6, 6.07) is 6.96. The summed E-state index contributed by atoms with van der Waals surface area (Å²) in [6.07, 6.45) is 1.47. The van der Waals surface area contributed by atoms with E-state index in [4.69, 9.17) is 23.2 Å². The van der Waals surface area contributed by atoms with E-state index in [2.05, 4.69) is 4.98 Å². The fourth-order valence-electron chi connectivity index (χ4n) is 1.25. The average Bonchev–Trinajstić information content (AvgIpc) is 2.26. The molecule has 0 spiro atoms. The zero-order chi connectivity index (χ0) is 11.7. The highest BCUT2D eigenvalue weighted by Gasteiger charge is 2.05. The summed E-state index contributed by atoms with van der Waals surface area (Å²) in [5.41, 5.74) is 1.67. The van der Waals surface area contributed by atoms with Gasteiger partial charge in [-0.3, -0.25) is 0 Å². The van der Waals surface area contributed by atoms with Crippen LogP contribution in [0, 0.1) is 9.52 Å². The maximum atomic E-state index is 13.0. The topological polar surface area (TPSA) is 12.9 Å². The van der Waals surface area contributed by atoms with E-state index in [1.54, 1.807) is 18.2 Å². The first-order valence-corrected chi connectivity index (χ1v) is 6.18. The summed E-state index contributed by atoms with van der Waals surface area (Å²) in [7, 11) is 0. The molecule has 0 aliphatic heterocycles. The largest absolute Gasteiger partial charge is 0.227 e. The number of aromatic nitrogens is 1. The summed E-state index contributed by atoms with van der Waals surface area (Å²) in [6.45, 7) is 0. The van der Waals surface area contributed by atoms with Crippen LogP contribution in [0.3, 0.4) is 0 Å². The molecule has 0 saturated heterocycles. The van der Waals surface area contributed by atoms with Crippen LogP contribution in [0.4, 0.5) is 4.39 Å². The van der Waals surface area contributed by atoms with Crippen molar-refractivity contribution in [3.8, 4) is 11.1 Å². The van der Waals surface area contributed by atoms with Gasteiger partial charge in [0.1, 0.15) is 0 Å². The number of halogens is 4. The molecule has 82 valence electrons. The molecular formula is C11H5Cl2FIN. The summed E-state index contributed by atoms with van der Waals surface area (Å²) in [5, 5.41) is 0.966. The first-order chi connectivity index (χ1) is 7.58. The van der Waals surface area contributed by atoms with Crippen LogP contribution in [-0.2, 0) is 0 Å². The molecule has 5 heteroatoms. The Morgan fingerprint density at radius 1 is 1.06 bits per heavy atom. The number of nitrogens with zero attached hydrogens (tertiary/aromatic N) is 1. The first kappa shape index (κ1) is 12.1. The van der Waals surface area contributed by atoms with Gasteiger partial charge < -0.3 is 0 Å². The summed E-state index contributed by atoms with van der Waals surface area (Å²) < 4.78 is 13.5. The van der Waals surface area contributed by atoms with Crippen molar-refractivity contribution in [3.05, 3.63) is 50.0 Å². The van der Waals surface area contributed by atoms with Crippen LogP contribution in [0.15, 0.2) is 30.5 Å². The molecule has 0 unspecified atom stereocenters. The van der Waals surface area contributed by atoms with Gasteiger partial charge >= 0.3 is 0 Å². The molecular weight excluding hydrogens is 363 g/mol. The van der Waals surface area contributed by atoms with Crippen molar-refractivity contribution in [2.45, 2.75) is 0 Å². The van der Waals surface area contributed by atoms with Crippen molar-refractivity contribution in [2.24, 2.45) is 0 Å². The Hall–Kier alpha value is -0.390. The van der Waals surface area contributed by atoms with Gasteiger partial charge in [0, 0.05) is 11.8 Å². The van der Waals surface area contributed by atoms with E-state index in [0.717, 1.165) is 11.1 Å². The second kappa shape index (κ2) is 4.85. The summed E-state index contributed by atoms with van der Waals surface area (Å²) in [5.74, 6) is -0.468. The van der Waals surface area contributed by atoms with E-state index in [9.17, 15) is 4.39 Å². The Morgan fingerprint density at radius 3 is 2.44 bits per heavy atom. The van der Waals surface area contributed by atoms with Gasteiger partial charge in [-0.25, -0.2) is 4.98 Å². The highest BCUT2D eigenvalue weighted by atomic mass is 127. The van der Waals surface area contributed by atoms with E-state index >= 15 is 0 Å². The molecule has 0 bridgehead atoms. The number of pyridine rings is 1. The molecule has 0 fully saturated rings. The van der Waals surface area contributed by atoms with Crippen LogP contribution in [0.1, 0.15) is 0 Å². The van der Waals surface area contributed by atoms with Gasteiger partial charge in [-0.15, -0.1) is 0 Å². The van der Waals surface area contributed by atoms with Crippen molar-refractivity contribution < 1.29 is 4.39 Å². The lowest BCUT2D eigenvalue weighted by Gasteiger charge is -2.04. The third kappa shape index (κ3) is 2.47. The van der Waals surface area contributed by atoms with Gasteiger partial charge in [0.05, 0.1) is 13.6 Å². The molecule has 0 aliphatic carbocycles. The van der Waals surface area contributed by atoms with Gasteiger partial charge in [-0.1, -0.05) is 29.3 Å². The van der Waals surface area contributed by atoms with Crippen LogP contribution in [0.25, 0.3) is 11.1 Å². The lowest BCUT2D eigenvalue weighted by atomic mass is 10.1. The lowest BCUT2D eigenvalue weighted by Crippen LogP contribution is -1.89. The molecule has 2 aromatic rings. The summed E-state index contributed by atoms with van der Waals surface area (Å²) >= 11 is 13.6. The Kier molecular flexibility index (Phi) is 3.66. The van der Waals surface area contributed by atoms with Gasteiger partial charge in [0.15, 0.2) is 0 Å². The molecule has 0 radical (unpaired) electrons. The quantitative estimate of drug-likeness (QED) is 0.521. The van der Waals surface area contributed by atoms with Crippen LogP contribution < -0.4 is 0 Å². The second-order valence-corrected chi connectivity index (χ2v) is 5.10. The normalized spacial score (nSPS) is 10.5. The predicted octanol–water partition coefficient (Wildman–Crippen LogP) is 4.80. The Morgan fingerprint density at radius 2 is 1.81 bits per heavy atom. The first-order valence-electron chi connectivity index (χ1n) is 4.34. The predicted molar refractivity (Wildman–Crippen MR) is 72.4 cm³/mol. The molecule has 1 heterocycles. The molecule has 1 aromatic carbocycles. The fraction of sp³-hybridized carbons (Fsp3) is 0. The minimum Gasteiger partial charge on any atom is -0.227 e. The van der Waals surface area contributed by atoms with Crippen LogP contribution in [0.5, 0.6) is 0 Å². The molecule has 2 rings (SSSR count). The molecule has 0 N–H and O–H groups in total. The average molecular weight is 368 g/mol. The van der Waals surface area contributed by atoms with E-state index in [-0.39, 0.29) is 0 Å². The van der Waals surface area contributed by atoms with Gasteiger partial charge in [-0.05, 0) is 46.4 Å².